The summed E-state index contributed by atoms with van der Waals surface area (Å²) >= 11 is 0. The second kappa shape index (κ2) is 11.3. The molecule has 0 saturated carbocycles. The normalized spacial score (nSPS) is 13.5. The molecule has 1 aliphatic rings. The van der Waals surface area contributed by atoms with Crippen LogP contribution in [0.5, 0.6) is 17.2 Å². The minimum absolute atomic E-state index is 0.0875. The molecule has 0 atom stereocenters. The standard InChI is InChI=1S/C28H34N4O4/c1-6-23-22(18-20-10-12-21(34-3)13-11-20)27(30-19(2)29-23)31-14-16-32(17-15-31)28(33)26-24(35-4)8-7-9-25(26)36-5/h7-13H,6,14-18H2,1-5H3. The number of hydrogen-bond donors (Lipinski definition) is 0. The molecule has 1 aromatic heterocycles. The number of piperazine rings is 1. The summed E-state index contributed by atoms with van der Waals surface area (Å²) in [6, 6.07) is 13.5. The molecule has 2 aromatic carbocycles. The van der Waals surface area contributed by atoms with E-state index >= 15 is 0 Å². The van der Waals surface area contributed by atoms with Crippen molar-refractivity contribution in [1.82, 2.24) is 14.9 Å². The number of rotatable bonds is 8. The van der Waals surface area contributed by atoms with E-state index in [4.69, 9.17) is 24.2 Å². The van der Waals surface area contributed by atoms with Gasteiger partial charge in [0.2, 0.25) is 0 Å². The monoisotopic (exact) mass is 490 g/mol. The number of nitrogens with zero attached hydrogens (tertiary/aromatic N) is 4. The molecule has 1 fully saturated rings. The van der Waals surface area contributed by atoms with Crippen LogP contribution in [-0.4, -0.2) is 68.3 Å². The predicted molar refractivity (Wildman–Crippen MR) is 140 cm³/mol. The number of aromatic nitrogens is 2. The molecule has 190 valence electrons. The molecule has 36 heavy (non-hydrogen) atoms. The maximum Gasteiger partial charge on any atom is 0.261 e. The summed E-state index contributed by atoms with van der Waals surface area (Å²) < 4.78 is 16.2. The van der Waals surface area contributed by atoms with E-state index in [9.17, 15) is 4.79 Å². The lowest BCUT2D eigenvalue weighted by Crippen LogP contribution is -2.49. The van der Waals surface area contributed by atoms with Crippen LogP contribution in [0.1, 0.15) is 39.9 Å². The molecule has 2 heterocycles. The number of hydrogen-bond acceptors (Lipinski definition) is 7. The fourth-order valence-corrected chi connectivity index (χ4v) is 4.66. The zero-order chi connectivity index (χ0) is 25.7. The van der Waals surface area contributed by atoms with Gasteiger partial charge in [-0.2, -0.15) is 0 Å². The summed E-state index contributed by atoms with van der Waals surface area (Å²) in [5, 5.41) is 0. The van der Waals surface area contributed by atoms with Gasteiger partial charge in [0.05, 0.1) is 21.3 Å². The van der Waals surface area contributed by atoms with Gasteiger partial charge >= 0.3 is 0 Å². The van der Waals surface area contributed by atoms with Crippen molar-refractivity contribution in [2.24, 2.45) is 0 Å². The first-order valence-corrected chi connectivity index (χ1v) is 12.2. The van der Waals surface area contributed by atoms with Crippen molar-refractivity contribution in [3.05, 3.63) is 70.7 Å². The fourth-order valence-electron chi connectivity index (χ4n) is 4.66. The Labute approximate surface area is 212 Å². The third-order valence-corrected chi connectivity index (χ3v) is 6.57. The zero-order valence-electron chi connectivity index (χ0n) is 21.7. The van der Waals surface area contributed by atoms with Crippen LogP contribution in [0.4, 0.5) is 5.82 Å². The Hall–Kier alpha value is -3.81. The van der Waals surface area contributed by atoms with E-state index in [1.54, 1.807) is 33.5 Å². The van der Waals surface area contributed by atoms with Gasteiger partial charge in [-0.25, -0.2) is 9.97 Å². The van der Waals surface area contributed by atoms with E-state index in [1.807, 2.05) is 30.0 Å². The van der Waals surface area contributed by atoms with Crippen molar-refractivity contribution in [2.45, 2.75) is 26.7 Å². The van der Waals surface area contributed by atoms with Gasteiger partial charge in [-0.3, -0.25) is 4.79 Å². The van der Waals surface area contributed by atoms with Crippen molar-refractivity contribution in [1.29, 1.82) is 0 Å². The number of amides is 1. The van der Waals surface area contributed by atoms with E-state index in [0.29, 0.717) is 43.2 Å². The summed E-state index contributed by atoms with van der Waals surface area (Å²) in [5.74, 6) is 3.50. The van der Waals surface area contributed by atoms with Crippen LogP contribution < -0.4 is 19.1 Å². The van der Waals surface area contributed by atoms with Crippen LogP contribution >= 0.6 is 0 Å². The summed E-state index contributed by atoms with van der Waals surface area (Å²) in [4.78, 5) is 27.2. The Bertz CT molecular complexity index is 1180. The number of benzene rings is 2. The Balaban J connectivity index is 1.57. The maximum absolute atomic E-state index is 13.4. The van der Waals surface area contributed by atoms with Gasteiger partial charge < -0.3 is 24.0 Å². The summed E-state index contributed by atoms with van der Waals surface area (Å²) in [7, 11) is 4.80. The molecule has 4 rings (SSSR count). The smallest absolute Gasteiger partial charge is 0.261 e. The molecule has 0 N–H and O–H groups in total. The average Bonchev–Trinajstić information content (AvgIpc) is 2.93. The van der Waals surface area contributed by atoms with Gasteiger partial charge in [-0.1, -0.05) is 25.1 Å². The van der Waals surface area contributed by atoms with Crippen molar-refractivity contribution in [2.75, 3.05) is 52.4 Å². The van der Waals surface area contributed by atoms with Crippen LogP contribution in [0.25, 0.3) is 0 Å². The van der Waals surface area contributed by atoms with Gasteiger partial charge in [0.25, 0.3) is 5.91 Å². The average molecular weight is 491 g/mol. The molecule has 0 radical (unpaired) electrons. The highest BCUT2D eigenvalue weighted by atomic mass is 16.5. The summed E-state index contributed by atoms with van der Waals surface area (Å²) in [6.45, 7) is 6.57. The molecule has 0 spiro atoms. The van der Waals surface area contributed by atoms with E-state index in [2.05, 4.69) is 24.0 Å². The minimum Gasteiger partial charge on any atom is -0.497 e. The highest BCUT2D eigenvalue weighted by Crippen LogP contribution is 2.31. The number of anilines is 1. The molecule has 1 amide bonds. The molecular formula is C28H34N4O4. The van der Waals surface area contributed by atoms with E-state index in [0.717, 1.165) is 41.5 Å². The largest absolute Gasteiger partial charge is 0.497 e. The van der Waals surface area contributed by atoms with Crippen molar-refractivity contribution in [3.8, 4) is 17.2 Å². The highest BCUT2D eigenvalue weighted by Gasteiger charge is 2.29. The van der Waals surface area contributed by atoms with Crippen LogP contribution in [0.2, 0.25) is 0 Å². The molecule has 8 heteroatoms. The van der Waals surface area contributed by atoms with Crippen molar-refractivity contribution < 1.29 is 19.0 Å². The maximum atomic E-state index is 13.4. The molecule has 1 saturated heterocycles. The van der Waals surface area contributed by atoms with Gasteiger partial charge in [-0.05, 0) is 43.2 Å². The topological polar surface area (TPSA) is 77.0 Å². The SMILES string of the molecule is CCc1nc(C)nc(N2CCN(C(=O)c3c(OC)cccc3OC)CC2)c1Cc1ccc(OC)cc1. The lowest BCUT2D eigenvalue weighted by molar-refractivity contribution is 0.0739. The molecule has 0 bridgehead atoms. The summed E-state index contributed by atoms with van der Waals surface area (Å²) in [6.07, 6.45) is 1.56. The van der Waals surface area contributed by atoms with Crippen LogP contribution in [0.3, 0.4) is 0 Å². The molecule has 8 nitrogen and oxygen atoms in total. The quantitative estimate of drug-likeness (QED) is 0.474. The van der Waals surface area contributed by atoms with Gasteiger partial charge in [0.15, 0.2) is 0 Å². The fraction of sp³-hybridized carbons (Fsp3) is 0.393. The second-order valence-electron chi connectivity index (χ2n) is 8.71. The molecule has 3 aromatic rings. The Morgan fingerprint density at radius 2 is 1.53 bits per heavy atom. The van der Waals surface area contributed by atoms with Gasteiger partial charge in [0, 0.05) is 43.9 Å². The van der Waals surface area contributed by atoms with E-state index < -0.39 is 0 Å². The Morgan fingerprint density at radius 1 is 0.889 bits per heavy atom. The number of carbonyl (C=O) groups is 1. The molecule has 1 aliphatic heterocycles. The van der Waals surface area contributed by atoms with Gasteiger partial charge in [0.1, 0.15) is 34.5 Å². The van der Waals surface area contributed by atoms with Crippen molar-refractivity contribution in [3.63, 3.8) is 0 Å². The van der Waals surface area contributed by atoms with E-state index in [1.165, 1.54) is 5.56 Å². The third-order valence-electron chi connectivity index (χ3n) is 6.57. The number of carbonyl (C=O) groups excluding carboxylic acids is 1. The second-order valence-corrected chi connectivity index (χ2v) is 8.71. The third kappa shape index (κ3) is 5.22. The van der Waals surface area contributed by atoms with Crippen molar-refractivity contribution >= 4 is 11.7 Å². The first-order valence-electron chi connectivity index (χ1n) is 12.2. The predicted octanol–water partition coefficient (Wildman–Crippen LogP) is 3.93. The lowest BCUT2D eigenvalue weighted by atomic mass is 10.0. The van der Waals surface area contributed by atoms with Crippen LogP contribution in [0, 0.1) is 6.92 Å². The summed E-state index contributed by atoms with van der Waals surface area (Å²) in [5.41, 5.74) is 3.84. The van der Waals surface area contributed by atoms with E-state index in [-0.39, 0.29) is 5.91 Å². The molecule has 0 unspecified atom stereocenters. The zero-order valence-corrected chi connectivity index (χ0v) is 21.7. The number of ether oxygens (including phenoxy) is 3. The van der Waals surface area contributed by atoms with Crippen LogP contribution in [0.15, 0.2) is 42.5 Å². The first kappa shape index (κ1) is 25.3. The number of methoxy groups -OCH3 is 3. The minimum atomic E-state index is -0.0875. The molecule has 0 aliphatic carbocycles. The van der Waals surface area contributed by atoms with Gasteiger partial charge in [-0.15, -0.1) is 0 Å². The lowest BCUT2D eigenvalue weighted by Gasteiger charge is -2.37. The Kier molecular flexibility index (Phi) is 7.93. The number of aryl methyl sites for hydroxylation is 2. The highest BCUT2D eigenvalue weighted by molar-refractivity contribution is 5.99. The first-order chi connectivity index (χ1) is 17.5. The van der Waals surface area contributed by atoms with Crippen LogP contribution in [-0.2, 0) is 12.8 Å². The Morgan fingerprint density at radius 3 is 2.08 bits per heavy atom. The molecular weight excluding hydrogens is 456 g/mol.